The van der Waals surface area contributed by atoms with E-state index in [9.17, 15) is 5.11 Å². The van der Waals surface area contributed by atoms with E-state index in [2.05, 4.69) is 35.2 Å². The number of aliphatic hydroxyl groups excluding tert-OH is 1. The van der Waals surface area contributed by atoms with Gasteiger partial charge in [-0.2, -0.15) is 0 Å². The Morgan fingerprint density at radius 3 is 2.62 bits per heavy atom. The summed E-state index contributed by atoms with van der Waals surface area (Å²) in [7, 11) is 0. The number of aryl methyl sites for hydroxylation is 1. The van der Waals surface area contributed by atoms with Gasteiger partial charge in [0.05, 0.1) is 6.54 Å². The summed E-state index contributed by atoms with van der Waals surface area (Å²) in [6.07, 6.45) is 4.07. The summed E-state index contributed by atoms with van der Waals surface area (Å²) in [6.45, 7) is 4.86. The maximum Gasteiger partial charge on any atom is 0.124 e. The van der Waals surface area contributed by atoms with Crippen molar-refractivity contribution in [2.75, 3.05) is 13.2 Å². The first kappa shape index (κ1) is 19.3. The van der Waals surface area contributed by atoms with Crippen molar-refractivity contribution in [3.05, 3.63) is 53.5 Å². The van der Waals surface area contributed by atoms with Crippen LogP contribution in [0, 0.1) is 12.8 Å². The van der Waals surface area contributed by atoms with Crippen LogP contribution in [-0.4, -0.2) is 28.8 Å². The molecule has 5 heteroatoms. The number of halogens is 1. The summed E-state index contributed by atoms with van der Waals surface area (Å²) in [6, 6.07) is 12.5. The van der Waals surface area contributed by atoms with Gasteiger partial charge in [0.1, 0.15) is 22.9 Å². The normalized spacial score (nSPS) is 25.8. The van der Waals surface area contributed by atoms with Gasteiger partial charge in [-0.25, -0.2) is 0 Å². The van der Waals surface area contributed by atoms with E-state index in [-0.39, 0.29) is 18.0 Å². The molecular formula is C21H28ClNO3. The van der Waals surface area contributed by atoms with Crippen LogP contribution in [0.15, 0.2) is 40.8 Å². The van der Waals surface area contributed by atoms with E-state index in [1.54, 1.807) is 0 Å². The second-order valence-electron chi connectivity index (χ2n) is 7.68. The average molecular weight is 378 g/mol. The minimum Gasteiger partial charge on any atom is -0.486 e. The molecule has 0 unspecified atom stereocenters. The number of benzene rings is 1. The van der Waals surface area contributed by atoms with Crippen molar-refractivity contribution in [2.45, 2.75) is 51.3 Å². The van der Waals surface area contributed by atoms with Gasteiger partial charge in [0.15, 0.2) is 0 Å². The fourth-order valence-corrected chi connectivity index (χ4v) is 4.25. The smallest absolute Gasteiger partial charge is 0.124 e. The summed E-state index contributed by atoms with van der Waals surface area (Å²) in [5.41, 5.74) is 1.09. The second kappa shape index (κ2) is 8.03. The van der Waals surface area contributed by atoms with Gasteiger partial charge in [-0.05, 0) is 56.7 Å². The Morgan fingerprint density at radius 1 is 1.15 bits per heavy atom. The molecule has 1 spiro atoms. The molecule has 0 bridgehead atoms. The van der Waals surface area contributed by atoms with Gasteiger partial charge in [-0.15, -0.1) is 12.4 Å². The van der Waals surface area contributed by atoms with E-state index in [4.69, 9.17) is 9.15 Å². The van der Waals surface area contributed by atoms with Gasteiger partial charge in [-0.3, -0.25) is 4.90 Å². The molecule has 0 atom stereocenters. The number of aliphatic hydroxyl groups is 1. The van der Waals surface area contributed by atoms with Crippen LogP contribution in [0.2, 0.25) is 0 Å². The highest BCUT2D eigenvalue weighted by atomic mass is 35.5. The van der Waals surface area contributed by atoms with Gasteiger partial charge < -0.3 is 14.3 Å². The average Bonchev–Trinajstić information content (AvgIpc) is 2.95. The summed E-state index contributed by atoms with van der Waals surface area (Å²) in [5.74, 6) is 3.41. The molecule has 2 aliphatic rings. The molecule has 0 radical (unpaired) electrons. The monoisotopic (exact) mass is 377 g/mol. The van der Waals surface area contributed by atoms with Gasteiger partial charge in [0.2, 0.25) is 0 Å². The Morgan fingerprint density at radius 2 is 1.92 bits per heavy atom. The van der Waals surface area contributed by atoms with E-state index in [1.807, 2.05) is 13.0 Å². The molecule has 1 aliphatic carbocycles. The van der Waals surface area contributed by atoms with Gasteiger partial charge in [0, 0.05) is 25.3 Å². The van der Waals surface area contributed by atoms with Crippen LogP contribution in [0.4, 0.5) is 0 Å². The minimum absolute atomic E-state index is 0. The Kier molecular flexibility index (Phi) is 5.96. The summed E-state index contributed by atoms with van der Waals surface area (Å²) in [5, 5.41) is 9.48. The van der Waals surface area contributed by atoms with Crippen molar-refractivity contribution in [3.8, 4) is 5.75 Å². The Labute approximate surface area is 161 Å². The number of ether oxygens (including phenoxy) is 1. The maximum atomic E-state index is 9.48. The maximum absolute atomic E-state index is 9.48. The van der Waals surface area contributed by atoms with E-state index < -0.39 is 0 Å². The molecule has 1 saturated carbocycles. The van der Waals surface area contributed by atoms with Crippen LogP contribution in [0.5, 0.6) is 5.75 Å². The van der Waals surface area contributed by atoms with E-state index in [1.165, 1.54) is 5.56 Å². The van der Waals surface area contributed by atoms with Gasteiger partial charge in [0.25, 0.3) is 0 Å². The Hall–Kier alpha value is -1.49. The Bertz CT molecular complexity index is 722. The fourth-order valence-electron chi connectivity index (χ4n) is 4.25. The summed E-state index contributed by atoms with van der Waals surface area (Å²) >= 11 is 0. The number of hydrogen-bond acceptors (Lipinski definition) is 4. The minimum atomic E-state index is -0.153. The third-order valence-electron chi connectivity index (χ3n) is 5.65. The lowest BCUT2D eigenvalue weighted by molar-refractivity contribution is -0.0165. The lowest BCUT2D eigenvalue weighted by Gasteiger charge is -2.41. The van der Waals surface area contributed by atoms with Crippen LogP contribution in [-0.2, 0) is 13.1 Å². The fraction of sp³-hybridized carbons (Fsp3) is 0.524. The van der Waals surface area contributed by atoms with Crippen LogP contribution in [0.25, 0.3) is 0 Å². The number of para-hydroxylation sites is 1. The third kappa shape index (κ3) is 4.08. The highest BCUT2D eigenvalue weighted by Gasteiger charge is 2.41. The molecule has 4 nitrogen and oxygen atoms in total. The van der Waals surface area contributed by atoms with Crippen LogP contribution in [0.3, 0.4) is 0 Å². The topological polar surface area (TPSA) is 45.8 Å². The molecule has 1 aromatic heterocycles. The molecule has 1 aromatic carbocycles. The molecule has 142 valence electrons. The van der Waals surface area contributed by atoms with Crippen LogP contribution in [0.1, 0.15) is 42.8 Å². The largest absolute Gasteiger partial charge is 0.486 e. The molecule has 1 aliphatic heterocycles. The van der Waals surface area contributed by atoms with E-state index >= 15 is 0 Å². The summed E-state index contributed by atoms with van der Waals surface area (Å²) < 4.78 is 12.4. The predicted molar refractivity (Wildman–Crippen MR) is 104 cm³/mol. The Balaban J connectivity index is 0.00000196. The summed E-state index contributed by atoms with van der Waals surface area (Å²) in [4.78, 5) is 2.45. The highest BCUT2D eigenvalue weighted by molar-refractivity contribution is 5.85. The van der Waals surface area contributed by atoms with Crippen molar-refractivity contribution in [3.63, 3.8) is 0 Å². The number of fused-ring (bicyclic) bond motifs is 1. The quantitative estimate of drug-likeness (QED) is 0.864. The standard InChI is InChI=1S/C21H27NO3.ClH/c1-16-6-7-19(24-16)13-22-12-18-4-2-3-5-20(18)25-21(15-22)10-8-17(14-23)9-11-21;/h2-7,17,23H,8-15H2,1H3;1H. The molecule has 4 rings (SSSR count). The molecule has 1 fully saturated rings. The highest BCUT2D eigenvalue weighted by Crippen LogP contribution is 2.40. The molecule has 1 N–H and O–H groups in total. The predicted octanol–water partition coefficient (Wildman–Crippen LogP) is 4.33. The van der Waals surface area contributed by atoms with Crippen molar-refractivity contribution < 1.29 is 14.3 Å². The lowest BCUT2D eigenvalue weighted by Crippen LogP contribution is -2.48. The van der Waals surface area contributed by atoms with Gasteiger partial charge >= 0.3 is 0 Å². The first-order valence-electron chi connectivity index (χ1n) is 9.31. The zero-order valence-corrected chi connectivity index (χ0v) is 16.1. The van der Waals surface area contributed by atoms with Crippen molar-refractivity contribution in [1.29, 1.82) is 0 Å². The number of rotatable bonds is 3. The van der Waals surface area contributed by atoms with Crippen LogP contribution >= 0.6 is 12.4 Å². The van der Waals surface area contributed by atoms with Crippen molar-refractivity contribution in [2.24, 2.45) is 5.92 Å². The van der Waals surface area contributed by atoms with E-state index in [0.29, 0.717) is 12.5 Å². The molecule has 0 saturated heterocycles. The van der Waals surface area contributed by atoms with Crippen molar-refractivity contribution in [1.82, 2.24) is 4.90 Å². The van der Waals surface area contributed by atoms with Crippen molar-refractivity contribution >= 4 is 12.4 Å². The van der Waals surface area contributed by atoms with E-state index in [0.717, 1.165) is 62.6 Å². The van der Waals surface area contributed by atoms with Crippen LogP contribution < -0.4 is 4.74 Å². The molecule has 0 amide bonds. The SMILES string of the molecule is Cc1ccc(CN2Cc3ccccc3OC3(CCC(CO)CC3)C2)o1.Cl. The number of hydrogen-bond donors (Lipinski definition) is 1. The molecular weight excluding hydrogens is 350 g/mol. The molecule has 2 aromatic rings. The third-order valence-corrected chi connectivity index (χ3v) is 5.65. The first-order chi connectivity index (χ1) is 12.2. The zero-order valence-electron chi connectivity index (χ0n) is 15.3. The molecule has 26 heavy (non-hydrogen) atoms. The lowest BCUT2D eigenvalue weighted by atomic mass is 9.78. The second-order valence-corrected chi connectivity index (χ2v) is 7.68. The molecule has 2 heterocycles. The van der Waals surface area contributed by atoms with Gasteiger partial charge in [-0.1, -0.05) is 18.2 Å². The number of nitrogens with zero attached hydrogens (tertiary/aromatic N) is 1. The first-order valence-corrected chi connectivity index (χ1v) is 9.31. The number of furan rings is 1. The zero-order chi connectivity index (χ0) is 17.3.